The van der Waals surface area contributed by atoms with Crippen molar-refractivity contribution in [1.82, 2.24) is 10.4 Å². The molecule has 0 spiro atoms. The predicted octanol–water partition coefficient (Wildman–Crippen LogP) is 1.24. The maximum atomic E-state index is 5.91. The third kappa shape index (κ3) is 4.94. The number of para-hydroxylation sites is 1. The fourth-order valence-electron chi connectivity index (χ4n) is 2.09. The minimum atomic E-state index is -1.22. The number of methoxy groups -OCH3 is 1. The molecule has 1 N–H and O–H groups in total. The number of benzene rings is 1. The van der Waals surface area contributed by atoms with E-state index < -0.39 is 5.97 Å². The normalized spacial score (nSPS) is 19.1. The van der Waals surface area contributed by atoms with Crippen LogP contribution in [-0.4, -0.2) is 57.5 Å². The highest BCUT2D eigenvalue weighted by atomic mass is 16.9. The summed E-state index contributed by atoms with van der Waals surface area (Å²) in [6, 6.07) is 9.55. The Labute approximate surface area is 125 Å². The van der Waals surface area contributed by atoms with Gasteiger partial charge in [-0.25, -0.2) is 4.84 Å². The second-order valence-corrected chi connectivity index (χ2v) is 4.69. The molecular weight excluding hydrogens is 272 g/mol. The van der Waals surface area contributed by atoms with Gasteiger partial charge in [0.25, 0.3) is 0 Å². The van der Waals surface area contributed by atoms with Gasteiger partial charge in [-0.3, -0.25) is 0 Å². The lowest BCUT2D eigenvalue weighted by Crippen LogP contribution is -2.53. The summed E-state index contributed by atoms with van der Waals surface area (Å²) in [5, 5.41) is 5.13. The van der Waals surface area contributed by atoms with Crippen LogP contribution < -0.4 is 10.1 Å². The van der Waals surface area contributed by atoms with Crippen molar-refractivity contribution >= 4 is 0 Å². The number of hydroxylamine groups is 2. The van der Waals surface area contributed by atoms with Crippen LogP contribution in [0.3, 0.4) is 0 Å². The lowest BCUT2D eigenvalue weighted by Gasteiger charge is -2.37. The van der Waals surface area contributed by atoms with E-state index >= 15 is 0 Å². The molecule has 118 valence electrons. The van der Waals surface area contributed by atoms with Crippen LogP contribution in [0.2, 0.25) is 0 Å². The summed E-state index contributed by atoms with van der Waals surface area (Å²) in [5.74, 6) is -0.468. The Morgan fingerprint density at radius 3 is 2.52 bits per heavy atom. The van der Waals surface area contributed by atoms with E-state index in [1.165, 1.54) is 0 Å². The molecule has 1 aromatic carbocycles. The van der Waals surface area contributed by atoms with E-state index in [0.717, 1.165) is 31.9 Å². The monoisotopic (exact) mass is 296 g/mol. The van der Waals surface area contributed by atoms with Gasteiger partial charge < -0.3 is 19.5 Å². The zero-order valence-corrected chi connectivity index (χ0v) is 12.7. The molecule has 1 aliphatic rings. The number of hydrogen-bond acceptors (Lipinski definition) is 6. The fraction of sp³-hybridized carbons (Fsp3) is 0.600. The Kier molecular flexibility index (Phi) is 6.41. The zero-order chi connectivity index (χ0) is 15.0. The second-order valence-electron chi connectivity index (χ2n) is 4.69. The molecule has 0 aromatic heterocycles. The van der Waals surface area contributed by atoms with Gasteiger partial charge in [-0.1, -0.05) is 18.2 Å². The Hall–Kier alpha value is -1.18. The second kappa shape index (κ2) is 8.31. The first-order chi connectivity index (χ1) is 10.3. The summed E-state index contributed by atoms with van der Waals surface area (Å²) in [6.45, 7) is 5.85. The van der Waals surface area contributed by atoms with E-state index in [9.17, 15) is 0 Å². The standard InChI is InChI=1S/C15H24N2O4/c1-3-20-15(18-2,21-17-11-9-16-10-12-17)13-19-14-7-5-4-6-8-14/h4-8,16H,3,9-13H2,1-2H3. The number of piperazine rings is 1. The van der Waals surface area contributed by atoms with Crippen LogP contribution in [0, 0.1) is 0 Å². The molecule has 1 fully saturated rings. The summed E-state index contributed by atoms with van der Waals surface area (Å²) in [6.07, 6.45) is 0. The number of rotatable bonds is 8. The maximum absolute atomic E-state index is 5.91. The number of hydrogen-bond donors (Lipinski definition) is 1. The molecule has 1 aliphatic heterocycles. The van der Waals surface area contributed by atoms with Crippen LogP contribution in [0.1, 0.15) is 6.92 Å². The van der Waals surface area contributed by atoms with Crippen LogP contribution in [0.5, 0.6) is 5.75 Å². The van der Waals surface area contributed by atoms with Gasteiger partial charge in [0, 0.05) is 39.9 Å². The molecule has 21 heavy (non-hydrogen) atoms. The highest BCUT2D eigenvalue weighted by Gasteiger charge is 2.37. The summed E-state index contributed by atoms with van der Waals surface area (Å²) < 4.78 is 16.9. The van der Waals surface area contributed by atoms with E-state index in [0.29, 0.717) is 6.61 Å². The molecule has 0 aliphatic carbocycles. The zero-order valence-electron chi connectivity index (χ0n) is 12.7. The quantitative estimate of drug-likeness (QED) is 0.729. The highest BCUT2D eigenvalue weighted by molar-refractivity contribution is 5.20. The van der Waals surface area contributed by atoms with Crippen molar-refractivity contribution in [2.75, 3.05) is 46.5 Å². The highest BCUT2D eigenvalue weighted by Crippen LogP contribution is 2.20. The van der Waals surface area contributed by atoms with Crippen molar-refractivity contribution in [3.63, 3.8) is 0 Å². The van der Waals surface area contributed by atoms with E-state index in [1.807, 2.05) is 42.3 Å². The first-order valence-corrected chi connectivity index (χ1v) is 7.30. The average Bonchev–Trinajstić information content (AvgIpc) is 2.55. The first kappa shape index (κ1) is 16.2. The van der Waals surface area contributed by atoms with Crippen LogP contribution >= 0.6 is 0 Å². The van der Waals surface area contributed by atoms with Gasteiger partial charge in [0.2, 0.25) is 0 Å². The molecule has 0 radical (unpaired) electrons. The van der Waals surface area contributed by atoms with Gasteiger partial charge in [0.1, 0.15) is 5.75 Å². The summed E-state index contributed by atoms with van der Waals surface area (Å²) in [7, 11) is 1.56. The first-order valence-electron chi connectivity index (χ1n) is 7.30. The molecule has 1 heterocycles. The molecule has 0 saturated carbocycles. The minimum absolute atomic E-state index is 0.158. The van der Waals surface area contributed by atoms with Crippen LogP contribution in [0.25, 0.3) is 0 Å². The lowest BCUT2D eigenvalue weighted by atomic mass is 10.3. The van der Waals surface area contributed by atoms with E-state index in [-0.39, 0.29) is 6.61 Å². The number of nitrogens with zero attached hydrogens (tertiary/aromatic N) is 1. The van der Waals surface area contributed by atoms with Crippen LogP contribution in [0.15, 0.2) is 30.3 Å². The molecule has 1 aromatic rings. The van der Waals surface area contributed by atoms with Gasteiger partial charge >= 0.3 is 5.97 Å². The van der Waals surface area contributed by atoms with E-state index in [1.54, 1.807) is 7.11 Å². The number of ether oxygens (including phenoxy) is 3. The minimum Gasteiger partial charge on any atom is -0.485 e. The summed E-state index contributed by atoms with van der Waals surface area (Å²) in [5.41, 5.74) is 0. The third-order valence-electron chi connectivity index (χ3n) is 3.18. The third-order valence-corrected chi connectivity index (χ3v) is 3.18. The fourth-order valence-corrected chi connectivity index (χ4v) is 2.09. The van der Waals surface area contributed by atoms with Crippen molar-refractivity contribution < 1.29 is 19.0 Å². The summed E-state index contributed by atoms with van der Waals surface area (Å²) in [4.78, 5) is 5.91. The van der Waals surface area contributed by atoms with E-state index in [2.05, 4.69) is 5.32 Å². The van der Waals surface area contributed by atoms with Crippen molar-refractivity contribution in [1.29, 1.82) is 0 Å². The van der Waals surface area contributed by atoms with E-state index in [4.69, 9.17) is 19.0 Å². The molecule has 1 saturated heterocycles. The van der Waals surface area contributed by atoms with Crippen molar-refractivity contribution in [3.05, 3.63) is 30.3 Å². The molecule has 1 atom stereocenters. The van der Waals surface area contributed by atoms with Gasteiger partial charge in [-0.05, 0) is 19.1 Å². The number of nitrogens with one attached hydrogen (secondary N) is 1. The Morgan fingerprint density at radius 2 is 1.90 bits per heavy atom. The Morgan fingerprint density at radius 1 is 1.19 bits per heavy atom. The van der Waals surface area contributed by atoms with Gasteiger partial charge in [-0.15, -0.1) is 0 Å². The van der Waals surface area contributed by atoms with Gasteiger partial charge in [0.05, 0.1) is 0 Å². The Bertz CT molecular complexity index is 398. The van der Waals surface area contributed by atoms with Gasteiger partial charge in [0.15, 0.2) is 6.61 Å². The van der Waals surface area contributed by atoms with Crippen LogP contribution in [-0.2, 0) is 14.3 Å². The van der Waals surface area contributed by atoms with Crippen LogP contribution in [0.4, 0.5) is 0 Å². The average molecular weight is 296 g/mol. The SMILES string of the molecule is CCOC(COc1ccccc1)(OC)ON1CCNCC1. The smallest absolute Gasteiger partial charge is 0.335 e. The summed E-state index contributed by atoms with van der Waals surface area (Å²) >= 11 is 0. The van der Waals surface area contributed by atoms with Crippen molar-refractivity contribution in [2.45, 2.75) is 12.9 Å². The molecule has 2 rings (SSSR count). The molecule has 6 nitrogen and oxygen atoms in total. The Balaban J connectivity index is 1.97. The molecule has 6 heteroatoms. The molecule has 0 amide bonds. The maximum Gasteiger partial charge on any atom is 0.335 e. The topological polar surface area (TPSA) is 52.2 Å². The lowest BCUT2D eigenvalue weighted by molar-refractivity contribution is -0.448. The largest absolute Gasteiger partial charge is 0.485 e. The van der Waals surface area contributed by atoms with Crippen molar-refractivity contribution in [3.8, 4) is 5.75 Å². The van der Waals surface area contributed by atoms with Crippen molar-refractivity contribution in [2.24, 2.45) is 0 Å². The van der Waals surface area contributed by atoms with Gasteiger partial charge in [-0.2, -0.15) is 5.06 Å². The molecular formula is C15H24N2O4. The molecule has 0 bridgehead atoms. The predicted molar refractivity (Wildman–Crippen MR) is 78.8 cm³/mol. The molecule has 1 unspecified atom stereocenters.